The van der Waals surface area contributed by atoms with Gasteiger partial charge in [-0.15, -0.1) is 0 Å². The summed E-state index contributed by atoms with van der Waals surface area (Å²) >= 11 is 1.95. The Kier molecular flexibility index (Phi) is 6.97. The van der Waals surface area contributed by atoms with E-state index < -0.39 is 0 Å². The molecular formula is C13H25NO2S. The summed E-state index contributed by atoms with van der Waals surface area (Å²) in [5, 5.41) is 4.25. The third-order valence-corrected chi connectivity index (χ3v) is 4.55. The number of carbonyl (C=O) groups is 1. The van der Waals surface area contributed by atoms with Crippen LogP contribution in [0.15, 0.2) is 0 Å². The minimum atomic E-state index is -0.0866. The van der Waals surface area contributed by atoms with E-state index in [0.29, 0.717) is 17.9 Å². The fourth-order valence-electron chi connectivity index (χ4n) is 2.31. The second kappa shape index (κ2) is 7.98. The van der Waals surface area contributed by atoms with E-state index in [9.17, 15) is 4.79 Å². The van der Waals surface area contributed by atoms with Crippen molar-refractivity contribution in [3.8, 4) is 0 Å². The largest absolute Gasteiger partial charge is 0.466 e. The molecule has 0 amide bonds. The average Bonchev–Trinajstić information content (AvgIpc) is 2.36. The molecule has 0 aromatic rings. The van der Waals surface area contributed by atoms with Gasteiger partial charge < -0.3 is 10.1 Å². The molecule has 0 heterocycles. The molecule has 0 spiro atoms. The minimum Gasteiger partial charge on any atom is -0.466 e. The summed E-state index contributed by atoms with van der Waals surface area (Å²) in [6.45, 7) is 4.99. The smallest absolute Gasteiger partial charge is 0.309 e. The van der Waals surface area contributed by atoms with Crippen molar-refractivity contribution in [2.75, 3.05) is 19.4 Å². The highest BCUT2D eigenvalue weighted by Crippen LogP contribution is 2.27. The quantitative estimate of drug-likeness (QED) is 0.744. The molecule has 0 bridgehead atoms. The molecule has 1 rings (SSSR count). The molecule has 0 radical (unpaired) electrons. The van der Waals surface area contributed by atoms with Crippen molar-refractivity contribution in [2.45, 2.75) is 50.8 Å². The van der Waals surface area contributed by atoms with Crippen LogP contribution in [0.2, 0.25) is 0 Å². The lowest BCUT2D eigenvalue weighted by atomic mass is 9.94. The van der Waals surface area contributed by atoms with Gasteiger partial charge in [0.1, 0.15) is 0 Å². The molecule has 3 nitrogen and oxygen atoms in total. The van der Waals surface area contributed by atoms with Gasteiger partial charge in [-0.25, -0.2) is 0 Å². The van der Waals surface area contributed by atoms with Gasteiger partial charge in [0.25, 0.3) is 0 Å². The second-order valence-electron chi connectivity index (χ2n) is 4.73. The number of hydrogen-bond acceptors (Lipinski definition) is 4. The molecule has 0 aromatic carbocycles. The zero-order chi connectivity index (χ0) is 12.7. The van der Waals surface area contributed by atoms with Gasteiger partial charge >= 0.3 is 5.97 Å². The highest BCUT2D eigenvalue weighted by Gasteiger charge is 2.25. The summed E-state index contributed by atoms with van der Waals surface area (Å²) in [4.78, 5) is 11.5. The molecule has 3 atom stereocenters. The summed E-state index contributed by atoms with van der Waals surface area (Å²) in [6.07, 6.45) is 7.37. The predicted octanol–water partition coefficient (Wildman–Crippen LogP) is 2.45. The number of hydrogen-bond donors (Lipinski definition) is 1. The van der Waals surface area contributed by atoms with Crippen molar-refractivity contribution in [3.05, 3.63) is 0 Å². The van der Waals surface area contributed by atoms with Crippen molar-refractivity contribution in [1.82, 2.24) is 5.32 Å². The van der Waals surface area contributed by atoms with Crippen molar-refractivity contribution in [1.29, 1.82) is 0 Å². The normalized spacial score (nSPS) is 26.5. The summed E-state index contributed by atoms with van der Waals surface area (Å²) in [5.41, 5.74) is 0. The Morgan fingerprint density at radius 3 is 2.82 bits per heavy atom. The van der Waals surface area contributed by atoms with Crippen LogP contribution in [-0.4, -0.2) is 36.7 Å². The Bertz CT molecular complexity index is 235. The maximum atomic E-state index is 11.5. The molecule has 1 aliphatic carbocycles. The lowest BCUT2D eigenvalue weighted by Gasteiger charge is -2.31. The molecule has 4 heteroatoms. The first-order chi connectivity index (χ1) is 8.19. The minimum absolute atomic E-state index is 0.0422. The van der Waals surface area contributed by atoms with Crippen molar-refractivity contribution < 1.29 is 9.53 Å². The highest BCUT2D eigenvalue weighted by atomic mass is 32.2. The molecule has 1 fully saturated rings. The van der Waals surface area contributed by atoms with Gasteiger partial charge in [-0.3, -0.25) is 4.79 Å². The number of carbonyl (C=O) groups excluding carboxylic acids is 1. The van der Waals surface area contributed by atoms with E-state index in [4.69, 9.17) is 4.74 Å². The van der Waals surface area contributed by atoms with Crippen molar-refractivity contribution >= 4 is 17.7 Å². The second-order valence-corrected chi connectivity index (χ2v) is 5.80. The van der Waals surface area contributed by atoms with E-state index in [2.05, 4.69) is 11.6 Å². The van der Waals surface area contributed by atoms with Gasteiger partial charge in [-0.2, -0.15) is 11.8 Å². The molecule has 0 saturated heterocycles. The van der Waals surface area contributed by atoms with E-state index >= 15 is 0 Å². The molecule has 3 unspecified atom stereocenters. The van der Waals surface area contributed by atoms with E-state index in [0.717, 1.165) is 6.54 Å². The van der Waals surface area contributed by atoms with Crippen LogP contribution in [0, 0.1) is 5.92 Å². The monoisotopic (exact) mass is 259 g/mol. The van der Waals surface area contributed by atoms with Crippen LogP contribution < -0.4 is 5.32 Å². The van der Waals surface area contributed by atoms with E-state index in [1.165, 1.54) is 25.7 Å². The Morgan fingerprint density at radius 2 is 2.18 bits per heavy atom. The molecule has 100 valence electrons. The zero-order valence-corrected chi connectivity index (χ0v) is 12.0. The molecular weight excluding hydrogens is 234 g/mol. The van der Waals surface area contributed by atoms with Crippen LogP contribution in [0.25, 0.3) is 0 Å². The first-order valence-corrected chi connectivity index (χ1v) is 7.90. The number of ether oxygens (including phenoxy) is 1. The fourth-order valence-corrected chi connectivity index (χ4v) is 3.27. The summed E-state index contributed by atoms with van der Waals surface area (Å²) < 4.78 is 5.01. The van der Waals surface area contributed by atoms with Crippen LogP contribution >= 0.6 is 11.8 Å². The third kappa shape index (κ3) is 4.88. The molecule has 1 N–H and O–H groups in total. The molecule has 0 aliphatic heterocycles. The first-order valence-electron chi connectivity index (χ1n) is 6.61. The number of rotatable bonds is 6. The maximum Gasteiger partial charge on any atom is 0.309 e. The van der Waals surface area contributed by atoms with Crippen LogP contribution in [0.4, 0.5) is 0 Å². The highest BCUT2D eigenvalue weighted by molar-refractivity contribution is 7.99. The Hall–Kier alpha value is -0.220. The molecule has 1 saturated carbocycles. The Labute approximate surface area is 109 Å². The topological polar surface area (TPSA) is 38.3 Å². The standard InChI is InChI=1S/C13H25NO2S/c1-4-16-13(15)10(2)9-14-11-7-5-6-8-12(11)17-3/h10-12,14H,4-9H2,1-3H3. The van der Waals surface area contributed by atoms with Crippen LogP contribution in [0.5, 0.6) is 0 Å². The predicted molar refractivity (Wildman–Crippen MR) is 73.4 cm³/mol. The van der Waals surface area contributed by atoms with Gasteiger partial charge in [-0.05, 0) is 26.0 Å². The summed E-state index contributed by atoms with van der Waals surface area (Å²) in [7, 11) is 0. The van der Waals surface area contributed by atoms with Crippen molar-refractivity contribution in [3.63, 3.8) is 0 Å². The molecule has 0 aromatic heterocycles. The summed E-state index contributed by atoms with van der Waals surface area (Å²) in [5.74, 6) is -0.129. The Morgan fingerprint density at radius 1 is 1.47 bits per heavy atom. The third-order valence-electron chi connectivity index (χ3n) is 3.38. The SMILES string of the molecule is CCOC(=O)C(C)CNC1CCCCC1SC. The molecule has 17 heavy (non-hydrogen) atoms. The zero-order valence-electron chi connectivity index (χ0n) is 11.2. The van der Waals surface area contributed by atoms with Gasteiger partial charge in [0.2, 0.25) is 0 Å². The van der Waals surface area contributed by atoms with Gasteiger partial charge in [0, 0.05) is 17.8 Å². The van der Waals surface area contributed by atoms with Gasteiger partial charge in [-0.1, -0.05) is 19.8 Å². The fraction of sp³-hybridized carbons (Fsp3) is 0.923. The average molecular weight is 259 g/mol. The first kappa shape index (κ1) is 14.8. The van der Waals surface area contributed by atoms with E-state index in [1.807, 2.05) is 25.6 Å². The van der Waals surface area contributed by atoms with Crippen molar-refractivity contribution in [2.24, 2.45) is 5.92 Å². The lowest BCUT2D eigenvalue weighted by Crippen LogP contribution is -2.43. The lowest BCUT2D eigenvalue weighted by molar-refractivity contribution is -0.147. The van der Waals surface area contributed by atoms with Gasteiger partial charge in [0.15, 0.2) is 0 Å². The van der Waals surface area contributed by atoms with Crippen LogP contribution in [0.3, 0.4) is 0 Å². The van der Waals surface area contributed by atoms with E-state index in [1.54, 1.807) is 0 Å². The Balaban J connectivity index is 2.30. The molecule has 1 aliphatic rings. The number of thioether (sulfide) groups is 1. The van der Waals surface area contributed by atoms with Gasteiger partial charge in [0.05, 0.1) is 12.5 Å². The summed E-state index contributed by atoms with van der Waals surface area (Å²) in [6, 6.07) is 0.565. The maximum absolute atomic E-state index is 11.5. The van der Waals surface area contributed by atoms with E-state index in [-0.39, 0.29) is 11.9 Å². The van der Waals surface area contributed by atoms with Crippen LogP contribution in [-0.2, 0) is 9.53 Å². The van der Waals surface area contributed by atoms with Crippen LogP contribution in [0.1, 0.15) is 39.5 Å². The number of esters is 1. The number of nitrogens with one attached hydrogen (secondary N) is 1.